The molecule has 1 aromatic carbocycles. The van der Waals surface area contributed by atoms with Gasteiger partial charge >= 0.3 is 0 Å². The molecule has 0 spiro atoms. The highest BCUT2D eigenvalue weighted by atomic mass is 16.5. The summed E-state index contributed by atoms with van der Waals surface area (Å²) in [5, 5.41) is 8.10. The Hall–Kier alpha value is -2.73. The molecule has 1 unspecified atom stereocenters. The van der Waals surface area contributed by atoms with Crippen LogP contribution in [0.2, 0.25) is 0 Å². The maximum absolute atomic E-state index is 5.86. The number of pyridine rings is 1. The summed E-state index contributed by atoms with van der Waals surface area (Å²) in [5.41, 5.74) is 2.14. The van der Waals surface area contributed by atoms with Gasteiger partial charge in [0, 0.05) is 25.2 Å². The predicted octanol–water partition coefficient (Wildman–Crippen LogP) is 2.67. The molecule has 0 fully saturated rings. The number of nitrogens with zero attached hydrogens (tertiary/aromatic N) is 4. The predicted molar refractivity (Wildman–Crippen MR) is 98.7 cm³/mol. The minimum Gasteiger partial charge on any atom is -0.487 e. The molecule has 0 saturated carbocycles. The molecule has 3 aromatic rings. The highest BCUT2D eigenvalue weighted by molar-refractivity contribution is 5.28. The first-order valence-corrected chi connectivity index (χ1v) is 9.01. The Labute approximate surface area is 153 Å². The third-order valence-corrected chi connectivity index (χ3v) is 4.57. The van der Waals surface area contributed by atoms with Crippen molar-refractivity contribution < 1.29 is 4.74 Å². The fraction of sp³-hybridized carbons (Fsp3) is 0.350. The average Bonchev–Trinajstić information content (AvgIpc) is 3.05. The monoisotopic (exact) mass is 349 g/mol. The van der Waals surface area contributed by atoms with E-state index in [1.54, 1.807) is 6.20 Å². The van der Waals surface area contributed by atoms with Gasteiger partial charge in [-0.25, -0.2) is 9.67 Å². The Morgan fingerprint density at radius 2 is 2.19 bits per heavy atom. The van der Waals surface area contributed by atoms with Crippen LogP contribution in [0.25, 0.3) is 0 Å². The van der Waals surface area contributed by atoms with E-state index in [-0.39, 0.29) is 0 Å². The van der Waals surface area contributed by atoms with Crippen LogP contribution in [0.15, 0.2) is 48.7 Å². The van der Waals surface area contributed by atoms with Gasteiger partial charge in [0.1, 0.15) is 24.0 Å². The topological polar surface area (TPSA) is 64.9 Å². The number of benzene rings is 1. The van der Waals surface area contributed by atoms with Crippen LogP contribution in [0.5, 0.6) is 5.75 Å². The normalized spacial score (nSPS) is 16.3. The molecular formula is C20H23N5O. The van der Waals surface area contributed by atoms with Crippen molar-refractivity contribution in [1.29, 1.82) is 0 Å². The molecule has 6 nitrogen and oxygen atoms in total. The maximum atomic E-state index is 5.86. The summed E-state index contributed by atoms with van der Waals surface area (Å²) in [4.78, 5) is 8.75. The second kappa shape index (κ2) is 7.66. The van der Waals surface area contributed by atoms with Crippen LogP contribution in [0, 0.1) is 6.92 Å². The van der Waals surface area contributed by atoms with Crippen molar-refractivity contribution in [2.24, 2.45) is 0 Å². The summed E-state index contributed by atoms with van der Waals surface area (Å²) in [5.74, 6) is 2.83. The van der Waals surface area contributed by atoms with E-state index in [0.29, 0.717) is 12.6 Å². The highest BCUT2D eigenvalue weighted by Crippen LogP contribution is 2.17. The van der Waals surface area contributed by atoms with E-state index in [0.717, 1.165) is 49.0 Å². The standard InChI is InChI=1S/C20H23N5O/c1-15-23-20-9-8-17(13-25(20)24-15)22-12-16-5-4-7-19(11-16)26-14-18-6-2-3-10-21-18/h2-7,10-11,17,22H,8-9,12-14H2,1H3. The largest absolute Gasteiger partial charge is 0.487 e. The van der Waals surface area contributed by atoms with Crippen LogP contribution < -0.4 is 10.1 Å². The molecule has 1 aliphatic rings. The molecule has 134 valence electrons. The summed E-state index contributed by atoms with van der Waals surface area (Å²) in [6, 6.07) is 14.5. The van der Waals surface area contributed by atoms with Gasteiger partial charge in [0.2, 0.25) is 0 Å². The van der Waals surface area contributed by atoms with Gasteiger partial charge in [0.05, 0.1) is 12.2 Å². The van der Waals surface area contributed by atoms with Crippen molar-refractivity contribution in [2.75, 3.05) is 0 Å². The van der Waals surface area contributed by atoms with Crippen molar-refractivity contribution in [3.63, 3.8) is 0 Å². The average molecular weight is 349 g/mol. The third-order valence-electron chi connectivity index (χ3n) is 4.57. The maximum Gasteiger partial charge on any atom is 0.147 e. The fourth-order valence-electron chi connectivity index (χ4n) is 3.25. The van der Waals surface area contributed by atoms with Crippen molar-refractivity contribution >= 4 is 0 Å². The first kappa shape index (κ1) is 16.7. The number of fused-ring (bicyclic) bond motifs is 1. The zero-order chi connectivity index (χ0) is 17.8. The number of ether oxygens (including phenoxy) is 1. The number of rotatable bonds is 6. The Bertz CT molecular complexity index is 862. The first-order chi connectivity index (χ1) is 12.8. The smallest absolute Gasteiger partial charge is 0.147 e. The SMILES string of the molecule is Cc1nc2n(n1)CC(NCc1cccc(OCc3ccccn3)c1)CC2. The number of hydrogen-bond donors (Lipinski definition) is 1. The zero-order valence-electron chi connectivity index (χ0n) is 14.9. The van der Waals surface area contributed by atoms with Crippen LogP contribution in [-0.2, 0) is 26.1 Å². The van der Waals surface area contributed by atoms with Crippen LogP contribution in [0.1, 0.15) is 29.3 Å². The van der Waals surface area contributed by atoms with E-state index in [4.69, 9.17) is 4.74 Å². The lowest BCUT2D eigenvalue weighted by molar-refractivity contribution is 0.300. The lowest BCUT2D eigenvalue weighted by Gasteiger charge is -2.23. The van der Waals surface area contributed by atoms with Crippen molar-refractivity contribution in [3.05, 3.63) is 71.6 Å². The van der Waals surface area contributed by atoms with E-state index < -0.39 is 0 Å². The molecule has 1 aliphatic heterocycles. The summed E-state index contributed by atoms with van der Waals surface area (Å²) < 4.78 is 7.89. The lowest BCUT2D eigenvalue weighted by atomic mass is 10.1. The zero-order valence-corrected chi connectivity index (χ0v) is 14.9. The Morgan fingerprint density at radius 3 is 3.08 bits per heavy atom. The van der Waals surface area contributed by atoms with Gasteiger partial charge in [-0.3, -0.25) is 4.98 Å². The second-order valence-corrected chi connectivity index (χ2v) is 6.63. The fourth-order valence-corrected chi connectivity index (χ4v) is 3.25. The molecule has 4 rings (SSSR count). The number of aryl methyl sites for hydroxylation is 2. The quantitative estimate of drug-likeness (QED) is 0.741. The van der Waals surface area contributed by atoms with Crippen LogP contribution in [-0.4, -0.2) is 25.8 Å². The van der Waals surface area contributed by atoms with Gasteiger partial charge in [-0.2, -0.15) is 5.10 Å². The molecule has 0 amide bonds. The van der Waals surface area contributed by atoms with Gasteiger partial charge in [0.15, 0.2) is 0 Å². The lowest BCUT2D eigenvalue weighted by Crippen LogP contribution is -2.37. The first-order valence-electron chi connectivity index (χ1n) is 9.01. The van der Waals surface area contributed by atoms with Gasteiger partial charge in [-0.15, -0.1) is 0 Å². The molecule has 0 radical (unpaired) electrons. The molecule has 0 bridgehead atoms. The number of aromatic nitrogens is 4. The Kier molecular flexibility index (Phi) is 4.93. The molecule has 1 atom stereocenters. The van der Waals surface area contributed by atoms with E-state index in [1.165, 1.54) is 5.56 Å². The highest BCUT2D eigenvalue weighted by Gasteiger charge is 2.20. The summed E-state index contributed by atoms with van der Waals surface area (Å²) in [6.07, 6.45) is 3.85. The third kappa shape index (κ3) is 4.08. The molecular weight excluding hydrogens is 326 g/mol. The van der Waals surface area contributed by atoms with E-state index in [9.17, 15) is 0 Å². The molecule has 26 heavy (non-hydrogen) atoms. The molecule has 1 N–H and O–H groups in total. The van der Waals surface area contributed by atoms with Gasteiger partial charge < -0.3 is 10.1 Å². The minimum atomic E-state index is 0.418. The summed E-state index contributed by atoms with van der Waals surface area (Å²) >= 11 is 0. The molecule has 2 aromatic heterocycles. The Balaban J connectivity index is 1.31. The molecule has 0 aliphatic carbocycles. The number of nitrogens with one attached hydrogen (secondary N) is 1. The van der Waals surface area contributed by atoms with Crippen molar-refractivity contribution in [3.8, 4) is 5.75 Å². The minimum absolute atomic E-state index is 0.418. The van der Waals surface area contributed by atoms with Gasteiger partial charge in [-0.05, 0) is 43.2 Å². The van der Waals surface area contributed by atoms with Crippen LogP contribution >= 0.6 is 0 Å². The molecule has 0 saturated heterocycles. The van der Waals surface area contributed by atoms with Crippen LogP contribution in [0.3, 0.4) is 0 Å². The van der Waals surface area contributed by atoms with E-state index in [2.05, 4.69) is 32.5 Å². The van der Waals surface area contributed by atoms with E-state index >= 15 is 0 Å². The molecule has 6 heteroatoms. The van der Waals surface area contributed by atoms with Gasteiger partial charge in [-0.1, -0.05) is 18.2 Å². The van der Waals surface area contributed by atoms with Crippen molar-refractivity contribution in [2.45, 2.75) is 45.5 Å². The Morgan fingerprint density at radius 1 is 1.23 bits per heavy atom. The van der Waals surface area contributed by atoms with Crippen molar-refractivity contribution in [1.82, 2.24) is 25.1 Å². The number of hydrogen-bond acceptors (Lipinski definition) is 5. The van der Waals surface area contributed by atoms with Crippen LogP contribution in [0.4, 0.5) is 0 Å². The summed E-state index contributed by atoms with van der Waals surface area (Å²) in [6.45, 7) is 4.12. The van der Waals surface area contributed by atoms with E-state index in [1.807, 2.05) is 41.9 Å². The molecule has 3 heterocycles. The van der Waals surface area contributed by atoms with Gasteiger partial charge in [0.25, 0.3) is 0 Å². The second-order valence-electron chi connectivity index (χ2n) is 6.63. The summed E-state index contributed by atoms with van der Waals surface area (Å²) in [7, 11) is 0.